The lowest BCUT2D eigenvalue weighted by molar-refractivity contribution is -0.229. The van der Waals surface area contributed by atoms with Gasteiger partial charge in [-0.05, 0) is 49.9 Å². The van der Waals surface area contributed by atoms with Crippen molar-refractivity contribution in [1.29, 1.82) is 0 Å². The molecule has 0 atom stereocenters. The van der Waals surface area contributed by atoms with Crippen molar-refractivity contribution in [2.24, 2.45) is 17.8 Å². The van der Waals surface area contributed by atoms with E-state index in [0.29, 0.717) is 0 Å². The molecule has 0 spiro atoms. The SMILES string of the molecule is COC1(OC)CCC(C2CCC(CCCCF)CC2)CC1. The highest BCUT2D eigenvalue weighted by Crippen LogP contribution is 2.44. The van der Waals surface area contributed by atoms with Gasteiger partial charge in [0.1, 0.15) is 0 Å². The fourth-order valence-electron chi connectivity index (χ4n) is 4.52. The number of hydrogen-bond acceptors (Lipinski definition) is 2. The van der Waals surface area contributed by atoms with Crippen LogP contribution in [0.1, 0.15) is 70.6 Å². The lowest BCUT2D eigenvalue weighted by Gasteiger charge is -2.42. The second-order valence-corrected chi connectivity index (χ2v) is 7.12. The van der Waals surface area contributed by atoms with Gasteiger partial charge in [0.05, 0.1) is 6.67 Å². The molecule has 2 nitrogen and oxygen atoms in total. The molecule has 0 aliphatic heterocycles. The molecule has 0 bridgehead atoms. The summed E-state index contributed by atoms with van der Waals surface area (Å²) in [7, 11) is 3.54. The molecule has 0 radical (unpaired) electrons. The molecule has 0 amide bonds. The van der Waals surface area contributed by atoms with Gasteiger partial charge in [0.2, 0.25) is 0 Å². The highest BCUT2D eigenvalue weighted by molar-refractivity contribution is 4.85. The standard InChI is InChI=1S/C18H33FO2/c1-20-18(21-2)12-10-17(11-13-18)16-8-6-15(7-9-16)5-3-4-14-19/h15-17H,3-14H2,1-2H3. The van der Waals surface area contributed by atoms with Crippen LogP contribution in [-0.2, 0) is 9.47 Å². The Morgan fingerprint density at radius 1 is 0.857 bits per heavy atom. The Hall–Kier alpha value is -0.150. The van der Waals surface area contributed by atoms with E-state index in [2.05, 4.69) is 0 Å². The van der Waals surface area contributed by atoms with Gasteiger partial charge in [0.15, 0.2) is 5.79 Å². The third kappa shape index (κ3) is 4.66. The van der Waals surface area contributed by atoms with Crippen molar-refractivity contribution in [3.05, 3.63) is 0 Å². The van der Waals surface area contributed by atoms with E-state index < -0.39 is 0 Å². The van der Waals surface area contributed by atoms with Crippen molar-refractivity contribution in [3.8, 4) is 0 Å². The van der Waals surface area contributed by atoms with Crippen molar-refractivity contribution in [2.45, 2.75) is 76.4 Å². The van der Waals surface area contributed by atoms with Crippen LogP contribution in [0.3, 0.4) is 0 Å². The summed E-state index contributed by atoms with van der Waals surface area (Å²) >= 11 is 0. The van der Waals surface area contributed by atoms with Crippen LogP contribution in [0.4, 0.5) is 4.39 Å². The highest BCUT2D eigenvalue weighted by Gasteiger charge is 2.38. The van der Waals surface area contributed by atoms with Crippen LogP contribution in [0.25, 0.3) is 0 Å². The Bertz CT molecular complexity index is 273. The van der Waals surface area contributed by atoms with Gasteiger partial charge in [0, 0.05) is 27.1 Å². The summed E-state index contributed by atoms with van der Waals surface area (Å²) in [6.45, 7) is -0.141. The highest BCUT2D eigenvalue weighted by atomic mass is 19.1. The second-order valence-electron chi connectivity index (χ2n) is 7.12. The van der Waals surface area contributed by atoms with Gasteiger partial charge in [-0.2, -0.15) is 0 Å². The molecule has 0 heterocycles. The molecular weight excluding hydrogens is 267 g/mol. The van der Waals surface area contributed by atoms with Crippen LogP contribution < -0.4 is 0 Å². The summed E-state index contributed by atoms with van der Waals surface area (Å²) in [4.78, 5) is 0. The first kappa shape index (κ1) is 17.2. The van der Waals surface area contributed by atoms with Crippen LogP contribution in [0.2, 0.25) is 0 Å². The van der Waals surface area contributed by atoms with Crippen LogP contribution in [-0.4, -0.2) is 26.7 Å². The molecule has 0 unspecified atom stereocenters. The lowest BCUT2D eigenvalue weighted by atomic mass is 9.69. The zero-order chi connectivity index (χ0) is 15.1. The number of methoxy groups -OCH3 is 2. The average Bonchev–Trinajstić information content (AvgIpc) is 2.56. The van der Waals surface area contributed by atoms with Crippen molar-refractivity contribution in [3.63, 3.8) is 0 Å². The topological polar surface area (TPSA) is 18.5 Å². The minimum atomic E-state index is -0.305. The average molecular weight is 300 g/mol. The van der Waals surface area contributed by atoms with Crippen LogP contribution in [0, 0.1) is 17.8 Å². The third-order valence-corrected chi connectivity index (χ3v) is 6.09. The Morgan fingerprint density at radius 2 is 1.43 bits per heavy atom. The van der Waals surface area contributed by atoms with Crippen molar-refractivity contribution < 1.29 is 13.9 Å². The number of unbranched alkanes of at least 4 members (excludes halogenated alkanes) is 1. The second kappa shape index (κ2) is 8.47. The van der Waals surface area contributed by atoms with E-state index in [9.17, 15) is 4.39 Å². The largest absolute Gasteiger partial charge is 0.353 e. The molecule has 2 aliphatic rings. The van der Waals surface area contributed by atoms with Gasteiger partial charge < -0.3 is 9.47 Å². The molecule has 0 aromatic rings. The predicted octanol–water partition coefficient (Wildman–Crippen LogP) is 5.11. The maximum atomic E-state index is 12.2. The number of rotatable bonds is 7. The van der Waals surface area contributed by atoms with Gasteiger partial charge in [-0.25, -0.2) is 0 Å². The zero-order valence-electron chi connectivity index (χ0n) is 13.9. The van der Waals surface area contributed by atoms with E-state index in [-0.39, 0.29) is 12.5 Å². The van der Waals surface area contributed by atoms with Crippen molar-refractivity contribution >= 4 is 0 Å². The van der Waals surface area contributed by atoms with Gasteiger partial charge >= 0.3 is 0 Å². The Kier molecular flexibility index (Phi) is 6.94. The first-order valence-electron chi connectivity index (χ1n) is 8.89. The molecule has 0 aromatic heterocycles. The first-order chi connectivity index (χ1) is 10.2. The van der Waals surface area contributed by atoms with Crippen molar-refractivity contribution in [1.82, 2.24) is 0 Å². The summed E-state index contributed by atoms with van der Waals surface area (Å²) in [5.41, 5.74) is 0. The maximum Gasteiger partial charge on any atom is 0.167 e. The minimum Gasteiger partial charge on any atom is -0.353 e. The molecule has 3 heteroatoms. The molecule has 0 N–H and O–H groups in total. The Balaban J connectivity index is 1.69. The van der Waals surface area contributed by atoms with E-state index in [1.807, 2.05) is 0 Å². The van der Waals surface area contributed by atoms with Gasteiger partial charge in [-0.1, -0.05) is 25.7 Å². The molecule has 0 aromatic carbocycles. The third-order valence-electron chi connectivity index (χ3n) is 6.09. The van der Waals surface area contributed by atoms with Crippen LogP contribution in [0.15, 0.2) is 0 Å². The lowest BCUT2D eigenvalue weighted by Crippen LogP contribution is -2.39. The molecule has 2 aliphatic carbocycles. The molecule has 21 heavy (non-hydrogen) atoms. The Labute approximate surface area is 129 Å². The molecule has 2 rings (SSSR count). The van der Waals surface area contributed by atoms with Crippen LogP contribution in [0.5, 0.6) is 0 Å². The summed E-state index contributed by atoms with van der Waals surface area (Å²) < 4.78 is 23.3. The molecule has 2 fully saturated rings. The first-order valence-corrected chi connectivity index (χ1v) is 8.89. The van der Waals surface area contributed by atoms with E-state index in [1.54, 1.807) is 14.2 Å². The smallest absolute Gasteiger partial charge is 0.167 e. The molecule has 0 saturated heterocycles. The monoisotopic (exact) mass is 300 g/mol. The van der Waals surface area contributed by atoms with E-state index in [1.165, 1.54) is 44.9 Å². The molecule has 124 valence electrons. The summed E-state index contributed by atoms with van der Waals surface area (Å²) in [6.07, 6.45) is 13.2. The van der Waals surface area contributed by atoms with Gasteiger partial charge in [0.25, 0.3) is 0 Å². The van der Waals surface area contributed by atoms with Gasteiger partial charge in [-0.15, -0.1) is 0 Å². The fraction of sp³-hybridized carbons (Fsp3) is 1.00. The van der Waals surface area contributed by atoms with Gasteiger partial charge in [-0.3, -0.25) is 4.39 Å². The van der Waals surface area contributed by atoms with E-state index in [4.69, 9.17) is 9.47 Å². The normalized spacial score (nSPS) is 30.4. The summed E-state index contributed by atoms with van der Waals surface area (Å²) in [5, 5.41) is 0. The predicted molar refractivity (Wildman–Crippen MR) is 84.0 cm³/mol. The fourth-order valence-corrected chi connectivity index (χ4v) is 4.52. The van der Waals surface area contributed by atoms with Crippen LogP contribution >= 0.6 is 0 Å². The Morgan fingerprint density at radius 3 is 1.95 bits per heavy atom. The quantitative estimate of drug-likeness (QED) is 0.480. The summed E-state index contributed by atoms with van der Waals surface area (Å²) in [6, 6.07) is 0. The molecule has 2 saturated carbocycles. The number of alkyl halides is 1. The summed E-state index contributed by atoms with van der Waals surface area (Å²) in [5.74, 6) is 2.35. The van der Waals surface area contributed by atoms with E-state index >= 15 is 0 Å². The molecular formula is C18H33FO2. The number of ether oxygens (including phenoxy) is 2. The number of hydrogen-bond donors (Lipinski definition) is 0. The number of halogens is 1. The van der Waals surface area contributed by atoms with E-state index in [0.717, 1.165) is 43.4 Å². The minimum absolute atomic E-state index is 0.141. The zero-order valence-corrected chi connectivity index (χ0v) is 13.9. The van der Waals surface area contributed by atoms with Crippen molar-refractivity contribution in [2.75, 3.05) is 20.9 Å². The maximum absolute atomic E-state index is 12.2.